The highest BCUT2D eigenvalue weighted by Gasteiger charge is 2.67. The van der Waals surface area contributed by atoms with Gasteiger partial charge in [0.2, 0.25) is 5.52 Å². The van der Waals surface area contributed by atoms with E-state index >= 15 is 0 Å². The zero-order valence-corrected chi connectivity index (χ0v) is 19.6. The molecule has 11 rings (SSSR count). The van der Waals surface area contributed by atoms with Gasteiger partial charge in [0.1, 0.15) is 40.5 Å². The number of ether oxygens (including phenoxy) is 1. The number of benzene rings is 5. The Bertz CT molecular complexity index is 2450. The number of para-hydroxylation sites is 1. The Morgan fingerprint density at radius 1 is 0.568 bits per heavy atom. The molecule has 0 amide bonds. The van der Waals surface area contributed by atoms with E-state index in [2.05, 4.69) is 117 Å². The van der Waals surface area contributed by atoms with Crippen molar-refractivity contribution in [1.82, 2.24) is 4.40 Å². The molecule has 6 heterocycles. The average Bonchev–Trinajstić information content (AvgIpc) is 3.62. The van der Waals surface area contributed by atoms with Crippen LogP contribution in [0.3, 0.4) is 0 Å². The zero-order chi connectivity index (χ0) is 23.6. The molecule has 0 saturated heterocycles. The van der Waals surface area contributed by atoms with Gasteiger partial charge < -0.3 is 4.74 Å². The first-order valence-electron chi connectivity index (χ1n) is 12.8. The molecule has 0 bridgehead atoms. The molecule has 8 aromatic rings. The molecule has 5 aromatic carbocycles. The summed E-state index contributed by atoms with van der Waals surface area (Å²) in [5.41, 5.74) is 5.70. The Labute approximate surface area is 209 Å². The number of imidazole rings is 1. The fourth-order valence-electron chi connectivity index (χ4n) is 8.00. The van der Waals surface area contributed by atoms with Crippen LogP contribution in [0.2, 0.25) is 0 Å². The lowest BCUT2D eigenvalue weighted by molar-refractivity contribution is -0.944. The third kappa shape index (κ3) is 1.55. The van der Waals surface area contributed by atoms with Crippen molar-refractivity contribution < 1.29 is 13.9 Å². The number of aromatic nitrogens is 3. The molecular formula is C33H17N3O+2. The van der Waals surface area contributed by atoms with Gasteiger partial charge in [-0.3, -0.25) is 0 Å². The Kier molecular flexibility index (Phi) is 2.48. The second kappa shape index (κ2) is 5.25. The summed E-state index contributed by atoms with van der Waals surface area (Å²) in [4.78, 5) is 0. The first-order chi connectivity index (χ1) is 18.4. The number of hydrogen-bond donors (Lipinski definition) is 0. The van der Waals surface area contributed by atoms with Gasteiger partial charge in [-0.25, -0.2) is 0 Å². The van der Waals surface area contributed by atoms with Crippen LogP contribution in [0, 0.1) is 0 Å². The summed E-state index contributed by atoms with van der Waals surface area (Å²) in [6.07, 6.45) is 6.78. The van der Waals surface area contributed by atoms with Crippen molar-refractivity contribution in [3.05, 3.63) is 115 Å². The third-order valence-electron chi connectivity index (χ3n) is 9.19. The lowest BCUT2D eigenvalue weighted by Crippen LogP contribution is -2.71. The lowest BCUT2D eigenvalue weighted by atomic mass is 9.85. The first kappa shape index (κ1) is 17.5. The summed E-state index contributed by atoms with van der Waals surface area (Å²) < 4.78 is 14.2. The number of nitrogens with zero attached hydrogens (tertiary/aromatic N) is 3. The van der Waals surface area contributed by atoms with Gasteiger partial charge >= 0.3 is 11.3 Å². The standard InChI is InChI=1S/C33H17N3O/c1-2-7-19-18(6-1)21-11-13-25-29-27(21)31-23(19)9-5-15-35(31)33(29)30-26(37-25)14-12-22-20-8-3-4-10-24(20)34-16-17-36(33)32(34)28(22)30/h1-17H/q+2. The quantitative estimate of drug-likeness (QED) is 0.188. The van der Waals surface area contributed by atoms with E-state index in [1.807, 2.05) is 0 Å². The first-order valence-corrected chi connectivity index (χ1v) is 12.8. The van der Waals surface area contributed by atoms with Crippen LogP contribution in [0.25, 0.3) is 59.8 Å². The zero-order valence-electron chi connectivity index (χ0n) is 19.6. The second-order valence-corrected chi connectivity index (χ2v) is 10.6. The summed E-state index contributed by atoms with van der Waals surface area (Å²) in [5, 5.41) is 10.3. The molecule has 1 unspecified atom stereocenters. The predicted molar refractivity (Wildman–Crippen MR) is 143 cm³/mol. The van der Waals surface area contributed by atoms with Gasteiger partial charge in [0.15, 0.2) is 6.20 Å². The van der Waals surface area contributed by atoms with Gasteiger partial charge in [-0.1, -0.05) is 42.5 Å². The number of fused-ring (bicyclic) bond motifs is 6. The van der Waals surface area contributed by atoms with Crippen molar-refractivity contribution in [3.63, 3.8) is 0 Å². The van der Waals surface area contributed by atoms with Crippen molar-refractivity contribution >= 4 is 59.8 Å². The van der Waals surface area contributed by atoms with E-state index in [9.17, 15) is 0 Å². The number of hydrogen-bond acceptors (Lipinski definition) is 1. The van der Waals surface area contributed by atoms with Crippen LogP contribution >= 0.6 is 0 Å². The molecule has 3 aliphatic heterocycles. The van der Waals surface area contributed by atoms with Gasteiger partial charge in [0.05, 0.1) is 16.2 Å². The molecule has 3 aliphatic rings. The Balaban J connectivity index is 1.50. The highest BCUT2D eigenvalue weighted by Crippen LogP contribution is 2.57. The van der Waals surface area contributed by atoms with E-state index in [0.717, 1.165) is 11.5 Å². The minimum atomic E-state index is -0.532. The maximum Gasteiger partial charge on any atom is 0.371 e. The van der Waals surface area contributed by atoms with Crippen LogP contribution in [0.4, 0.5) is 0 Å². The van der Waals surface area contributed by atoms with E-state index in [1.54, 1.807) is 0 Å². The van der Waals surface area contributed by atoms with E-state index < -0.39 is 5.66 Å². The van der Waals surface area contributed by atoms with Crippen LogP contribution in [-0.4, -0.2) is 4.40 Å². The van der Waals surface area contributed by atoms with E-state index in [0.29, 0.717) is 0 Å². The van der Waals surface area contributed by atoms with Crippen LogP contribution in [0.1, 0.15) is 11.1 Å². The minimum Gasteiger partial charge on any atom is -0.456 e. The van der Waals surface area contributed by atoms with Crippen molar-refractivity contribution in [3.8, 4) is 11.5 Å². The van der Waals surface area contributed by atoms with Gasteiger partial charge in [0, 0.05) is 16.8 Å². The molecule has 0 fully saturated rings. The van der Waals surface area contributed by atoms with Crippen molar-refractivity contribution in [2.24, 2.45) is 0 Å². The molecule has 37 heavy (non-hydrogen) atoms. The molecule has 1 spiro atoms. The SMILES string of the molecule is c1ccc2c(c1)c1ccc3c4c1c1c2ccc[n+]1C41c2c(ccc4c5ccccc5n5cc[n+]1c5c24)O3. The fraction of sp³-hybridized carbons (Fsp3) is 0.0303. The molecule has 3 aromatic heterocycles. The highest BCUT2D eigenvalue weighted by atomic mass is 16.5. The van der Waals surface area contributed by atoms with Crippen LogP contribution in [-0.2, 0) is 5.66 Å². The van der Waals surface area contributed by atoms with Gasteiger partial charge in [0.25, 0.3) is 0 Å². The average molecular weight is 472 g/mol. The number of rotatable bonds is 0. The molecule has 0 saturated carbocycles. The van der Waals surface area contributed by atoms with Crippen LogP contribution in [0.15, 0.2) is 104 Å². The lowest BCUT2D eigenvalue weighted by Gasteiger charge is -2.28. The summed E-state index contributed by atoms with van der Waals surface area (Å²) in [6, 6.07) is 30.9. The van der Waals surface area contributed by atoms with E-state index in [-0.39, 0.29) is 0 Å². The van der Waals surface area contributed by atoms with Gasteiger partial charge in [-0.05, 0) is 52.6 Å². The van der Waals surface area contributed by atoms with E-state index in [4.69, 9.17) is 4.74 Å². The Morgan fingerprint density at radius 3 is 2.08 bits per heavy atom. The molecule has 4 heteroatoms. The molecule has 4 nitrogen and oxygen atoms in total. The molecule has 0 aliphatic carbocycles. The van der Waals surface area contributed by atoms with Crippen molar-refractivity contribution in [1.29, 1.82) is 0 Å². The summed E-state index contributed by atoms with van der Waals surface area (Å²) in [5.74, 6) is 1.89. The highest BCUT2D eigenvalue weighted by molar-refractivity contribution is 6.26. The predicted octanol–water partition coefficient (Wildman–Crippen LogP) is 6.31. The topological polar surface area (TPSA) is 21.4 Å². The minimum absolute atomic E-state index is 0.532. The normalized spacial score (nSPS) is 18.1. The maximum absolute atomic E-state index is 6.76. The fourth-order valence-corrected chi connectivity index (χ4v) is 8.00. The maximum atomic E-state index is 6.76. The molecule has 0 N–H and O–H groups in total. The number of pyridine rings is 2. The largest absolute Gasteiger partial charge is 0.456 e. The summed E-state index contributed by atoms with van der Waals surface area (Å²) in [6.45, 7) is 0. The molecule has 168 valence electrons. The molecule has 1 atom stereocenters. The molecule has 0 radical (unpaired) electrons. The summed E-state index contributed by atoms with van der Waals surface area (Å²) >= 11 is 0. The van der Waals surface area contributed by atoms with Crippen molar-refractivity contribution in [2.45, 2.75) is 5.66 Å². The van der Waals surface area contributed by atoms with Crippen LogP contribution in [0.5, 0.6) is 11.5 Å². The Morgan fingerprint density at radius 2 is 1.24 bits per heavy atom. The molecular weight excluding hydrogens is 454 g/mol. The summed E-state index contributed by atoms with van der Waals surface area (Å²) in [7, 11) is 0. The Hall–Kier alpha value is -4.96. The second-order valence-electron chi connectivity index (χ2n) is 10.6. The van der Waals surface area contributed by atoms with Gasteiger partial charge in [-0.2, -0.15) is 8.97 Å². The monoisotopic (exact) mass is 471 g/mol. The van der Waals surface area contributed by atoms with Crippen molar-refractivity contribution in [2.75, 3.05) is 0 Å². The van der Waals surface area contributed by atoms with Gasteiger partial charge in [-0.15, -0.1) is 4.57 Å². The van der Waals surface area contributed by atoms with Crippen LogP contribution < -0.4 is 13.9 Å². The smallest absolute Gasteiger partial charge is 0.371 e. The van der Waals surface area contributed by atoms with E-state index in [1.165, 1.54) is 70.9 Å². The third-order valence-corrected chi connectivity index (χ3v) is 9.19.